The van der Waals surface area contributed by atoms with Crippen LogP contribution < -0.4 is 5.32 Å². The molecule has 0 saturated heterocycles. The Balaban J connectivity index is 1.94. The topological polar surface area (TPSA) is 32.3 Å². The molecule has 2 nitrogen and oxygen atoms in total. The molecule has 0 spiro atoms. The highest BCUT2D eigenvalue weighted by Crippen LogP contribution is 2.18. The van der Waals surface area contributed by atoms with Crippen molar-refractivity contribution in [2.75, 3.05) is 18.6 Å². The van der Waals surface area contributed by atoms with E-state index in [-0.39, 0.29) is 6.10 Å². The molecule has 1 rings (SSSR count). The molecule has 0 aromatic heterocycles. The van der Waals surface area contributed by atoms with E-state index in [1.54, 1.807) is 0 Å². The zero-order valence-electron chi connectivity index (χ0n) is 9.87. The van der Waals surface area contributed by atoms with Gasteiger partial charge in [0.1, 0.15) is 0 Å². The van der Waals surface area contributed by atoms with Crippen LogP contribution in [0.4, 0.5) is 0 Å². The lowest BCUT2D eigenvalue weighted by Crippen LogP contribution is -2.42. The first-order valence-corrected chi connectivity index (χ1v) is 7.64. The van der Waals surface area contributed by atoms with Crippen molar-refractivity contribution < 1.29 is 5.11 Å². The Hall–Kier alpha value is 0.270. The fourth-order valence-electron chi connectivity index (χ4n) is 2.19. The van der Waals surface area contributed by atoms with Crippen molar-refractivity contribution in [3.63, 3.8) is 0 Å². The number of hydrogen-bond donors (Lipinski definition) is 2. The van der Waals surface area contributed by atoms with Crippen molar-refractivity contribution in [2.24, 2.45) is 0 Å². The number of thioether (sulfide) groups is 1. The minimum Gasteiger partial charge on any atom is -0.392 e. The molecule has 15 heavy (non-hydrogen) atoms. The normalized spacial score (nSPS) is 26.8. The van der Waals surface area contributed by atoms with Gasteiger partial charge in [-0.05, 0) is 44.2 Å². The Bertz CT molecular complexity index is 155. The van der Waals surface area contributed by atoms with Gasteiger partial charge < -0.3 is 10.4 Å². The predicted molar refractivity (Wildman–Crippen MR) is 68.5 cm³/mol. The third-order valence-electron chi connectivity index (χ3n) is 3.16. The van der Waals surface area contributed by atoms with Crippen LogP contribution in [0, 0.1) is 0 Å². The van der Waals surface area contributed by atoms with Crippen LogP contribution in [0.1, 0.15) is 44.9 Å². The molecule has 0 bridgehead atoms. The molecule has 1 aliphatic rings. The van der Waals surface area contributed by atoms with Gasteiger partial charge in [-0.15, -0.1) is 0 Å². The highest BCUT2D eigenvalue weighted by atomic mass is 32.2. The maximum absolute atomic E-state index is 9.74. The SMILES string of the molecule is CSCCCCCN[C@@H]1CCCC[C@H]1O. The van der Waals surface area contributed by atoms with Gasteiger partial charge in [-0.2, -0.15) is 11.8 Å². The molecule has 1 aliphatic carbocycles. The van der Waals surface area contributed by atoms with Crippen LogP contribution in [0.5, 0.6) is 0 Å². The number of rotatable bonds is 7. The van der Waals surface area contributed by atoms with Crippen LogP contribution in [-0.4, -0.2) is 35.8 Å². The van der Waals surface area contributed by atoms with Gasteiger partial charge in [0.2, 0.25) is 0 Å². The zero-order valence-corrected chi connectivity index (χ0v) is 10.7. The molecule has 2 N–H and O–H groups in total. The maximum Gasteiger partial charge on any atom is 0.0693 e. The minimum atomic E-state index is -0.0926. The molecular weight excluding hydrogens is 206 g/mol. The van der Waals surface area contributed by atoms with E-state index in [2.05, 4.69) is 11.6 Å². The summed E-state index contributed by atoms with van der Waals surface area (Å²) in [6.07, 6.45) is 10.6. The Morgan fingerprint density at radius 2 is 2.00 bits per heavy atom. The average Bonchev–Trinajstić information content (AvgIpc) is 2.25. The largest absolute Gasteiger partial charge is 0.392 e. The molecule has 0 aromatic carbocycles. The fraction of sp³-hybridized carbons (Fsp3) is 1.00. The second-order valence-electron chi connectivity index (χ2n) is 4.47. The van der Waals surface area contributed by atoms with Crippen LogP contribution in [0.2, 0.25) is 0 Å². The second kappa shape index (κ2) is 8.43. The number of hydrogen-bond acceptors (Lipinski definition) is 3. The standard InChI is InChI=1S/C12H25NOS/c1-15-10-6-2-5-9-13-11-7-3-4-8-12(11)14/h11-14H,2-10H2,1H3/t11-,12-/m1/s1. The number of aliphatic hydroxyl groups is 1. The van der Waals surface area contributed by atoms with Gasteiger partial charge in [0.25, 0.3) is 0 Å². The van der Waals surface area contributed by atoms with E-state index in [1.807, 2.05) is 11.8 Å². The summed E-state index contributed by atoms with van der Waals surface area (Å²) in [6, 6.07) is 0.374. The first kappa shape index (κ1) is 13.3. The Labute approximate surface area is 98.2 Å². The molecule has 2 atom stereocenters. The van der Waals surface area contributed by atoms with Crippen molar-refractivity contribution in [1.82, 2.24) is 5.32 Å². The summed E-state index contributed by atoms with van der Waals surface area (Å²) in [4.78, 5) is 0. The molecule has 90 valence electrons. The third kappa shape index (κ3) is 5.79. The van der Waals surface area contributed by atoms with Crippen molar-refractivity contribution in [2.45, 2.75) is 57.1 Å². The van der Waals surface area contributed by atoms with E-state index in [1.165, 1.54) is 37.9 Å². The van der Waals surface area contributed by atoms with E-state index in [4.69, 9.17) is 0 Å². The second-order valence-corrected chi connectivity index (χ2v) is 5.45. The van der Waals surface area contributed by atoms with Gasteiger partial charge in [-0.25, -0.2) is 0 Å². The van der Waals surface area contributed by atoms with Crippen LogP contribution in [0.3, 0.4) is 0 Å². The molecule has 1 fully saturated rings. The summed E-state index contributed by atoms with van der Waals surface area (Å²) in [6.45, 7) is 1.08. The van der Waals surface area contributed by atoms with E-state index >= 15 is 0 Å². The Morgan fingerprint density at radius 1 is 1.20 bits per heavy atom. The third-order valence-corrected chi connectivity index (χ3v) is 3.86. The molecule has 0 radical (unpaired) electrons. The summed E-state index contributed by atoms with van der Waals surface area (Å²) in [5.74, 6) is 1.28. The van der Waals surface area contributed by atoms with Gasteiger partial charge in [0.05, 0.1) is 6.10 Å². The van der Waals surface area contributed by atoms with Crippen LogP contribution in [-0.2, 0) is 0 Å². The summed E-state index contributed by atoms with van der Waals surface area (Å²) < 4.78 is 0. The van der Waals surface area contributed by atoms with Crippen molar-refractivity contribution in [1.29, 1.82) is 0 Å². The van der Waals surface area contributed by atoms with Gasteiger partial charge >= 0.3 is 0 Å². The first-order chi connectivity index (χ1) is 7.34. The monoisotopic (exact) mass is 231 g/mol. The van der Waals surface area contributed by atoms with Crippen LogP contribution in [0.25, 0.3) is 0 Å². The van der Waals surface area contributed by atoms with E-state index in [0.29, 0.717) is 6.04 Å². The van der Waals surface area contributed by atoms with E-state index in [0.717, 1.165) is 19.4 Å². The van der Waals surface area contributed by atoms with Gasteiger partial charge in [-0.1, -0.05) is 19.3 Å². The average molecular weight is 231 g/mol. The van der Waals surface area contributed by atoms with Crippen LogP contribution >= 0.6 is 11.8 Å². The molecule has 1 saturated carbocycles. The zero-order chi connectivity index (χ0) is 10.9. The summed E-state index contributed by atoms with van der Waals surface area (Å²) >= 11 is 1.93. The minimum absolute atomic E-state index is 0.0926. The summed E-state index contributed by atoms with van der Waals surface area (Å²) in [5.41, 5.74) is 0. The maximum atomic E-state index is 9.74. The van der Waals surface area contributed by atoms with E-state index < -0.39 is 0 Å². The molecule has 3 heteroatoms. The Morgan fingerprint density at radius 3 is 2.73 bits per heavy atom. The number of aliphatic hydroxyl groups excluding tert-OH is 1. The van der Waals surface area contributed by atoms with Gasteiger partial charge in [0, 0.05) is 6.04 Å². The summed E-state index contributed by atoms with van der Waals surface area (Å²) in [7, 11) is 0. The molecule has 0 aliphatic heterocycles. The number of nitrogens with one attached hydrogen (secondary N) is 1. The smallest absolute Gasteiger partial charge is 0.0693 e. The quantitative estimate of drug-likeness (QED) is 0.660. The lowest BCUT2D eigenvalue weighted by atomic mass is 9.92. The van der Waals surface area contributed by atoms with E-state index in [9.17, 15) is 5.11 Å². The molecule has 0 aromatic rings. The molecule has 0 amide bonds. The van der Waals surface area contributed by atoms with Crippen molar-refractivity contribution in [3.8, 4) is 0 Å². The highest BCUT2D eigenvalue weighted by Gasteiger charge is 2.21. The van der Waals surface area contributed by atoms with Crippen LogP contribution in [0.15, 0.2) is 0 Å². The highest BCUT2D eigenvalue weighted by molar-refractivity contribution is 7.98. The van der Waals surface area contributed by atoms with Crippen molar-refractivity contribution >= 4 is 11.8 Å². The molecule has 0 unspecified atom stereocenters. The van der Waals surface area contributed by atoms with Gasteiger partial charge in [-0.3, -0.25) is 0 Å². The Kier molecular flexibility index (Phi) is 7.49. The lowest BCUT2D eigenvalue weighted by molar-refractivity contribution is 0.0910. The van der Waals surface area contributed by atoms with Crippen molar-refractivity contribution in [3.05, 3.63) is 0 Å². The molecular formula is C12H25NOS. The lowest BCUT2D eigenvalue weighted by Gasteiger charge is -2.28. The number of unbranched alkanes of at least 4 members (excludes halogenated alkanes) is 2. The summed E-state index contributed by atoms with van der Waals surface area (Å²) in [5, 5.41) is 13.2. The first-order valence-electron chi connectivity index (χ1n) is 6.25. The molecule has 0 heterocycles. The fourth-order valence-corrected chi connectivity index (χ4v) is 2.68. The van der Waals surface area contributed by atoms with Gasteiger partial charge in [0.15, 0.2) is 0 Å². The predicted octanol–water partition coefficient (Wildman–Crippen LogP) is 2.41.